The molecule has 2 heterocycles. The van der Waals surface area contributed by atoms with Gasteiger partial charge in [0.15, 0.2) is 0 Å². The van der Waals surface area contributed by atoms with E-state index in [2.05, 4.69) is 28.8 Å². The summed E-state index contributed by atoms with van der Waals surface area (Å²) in [7, 11) is 0. The van der Waals surface area contributed by atoms with Gasteiger partial charge in [-0.25, -0.2) is 0 Å². The first-order chi connectivity index (χ1) is 14.7. The number of nitriles is 1. The highest BCUT2D eigenvalue weighted by atomic mass is 32.1. The van der Waals surface area contributed by atoms with Crippen molar-refractivity contribution in [2.45, 2.75) is 6.54 Å². The molecule has 5 rings (SSSR count). The number of hydrogen-bond acceptors (Lipinski definition) is 3. The maximum atomic E-state index is 12.1. The molecule has 5 heteroatoms. The van der Waals surface area contributed by atoms with Crippen LogP contribution in [0.2, 0.25) is 0 Å². The number of thiophene rings is 1. The van der Waals surface area contributed by atoms with E-state index in [0.717, 1.165) is 37.8 Å². The van der Waals surface area contributed by atoms with Crippen LogP contribution in [0.1, 0.15) is 21.5 Å². The zero-order valence-electron chi connectivity index (χ0n) is 15.9. The predicted octanol–water partition coefficient (Wildman–Crippen LogP) is 5.34. The third-order valence-corrected chi connectivity index (χ3v) is 6.25. The van der Waals surface area contributed by atoms with E-state index in [1.54, 1.807) is 17.4 Å². The van der Waals surface area contributed by atoms with Crippen LogP contribution in [0.25, 0.3) is 32.2 Å². The minimum atomic E-state index is -0.465. The number of primary amides is 1. The van der Waals surface area contributed by atoms with Crippen molar-refractivity contribution in [3.63, 3.8) is 0 Å². The van der Waals surface area contributed by atoms with Gasteiger partial charge in [-0.1, -0.05) is 30.3 Å². The van der Waals surface area contributed by atoms with Gasteiger partial charge in [0, 0.05) is 27.8 Å². The van der Waals surface area contributed by atoms with Gasteiger partial charge in [-0.15, -0.1) is 11.3 Å². The van der Waals surface area contributed by atoms with E-state index in [9.17, 15) is 10.1 Å². The van der Waals surface area contributed by atoms with E-state index in [0.29, 0.717) is 17.7 Å². The van der Waals surface area contributed by atoms with Crippen LogP contribution in [0, 0.1) is 17.4 Å². The molecule has 0 unspecified atom stereocenters. The van der Waals surface area contributed by atoms with Gasteiger partial charge in [0.05, 0.1) is 22.7 Å². The molecule has 3 aromatic carbocycles. The van der Waals surface area contributed by atoms with Crippen molar-refractivity contribution in [3.05, 3.63) is 94.9 Å². The van der Waals surface area contributed by atoms with Crippen LogP contribution in [0.4, 0.5) is 0 Å². The molecule has 0 atom stereocenters. The molecule has 0 bridgehead atoms. The van der Waals surface area contributed by atoms with Crippen molar-refractivity contribution in [2.24, 2.45) is 5.73 Å². The van der Waals surface area contributed by atoms with Gasteiger partial charge in [-0.05, 0) is 59.0 Å². The Morgan fingerprint density at radius 2 is 1.97 bits per heavy atom. The summed E-state index contributed by atoms with van der Waals surface area (Å²) in [5.41, 5.74) is 10.6. The van der Waals surface area contributed by atoms with Crippen molar-refractivity contribution in [1.29, 1.82) is 5.26 Å². The first-order valence-corrected chi connectivity index (χ1v) is 10.3. The Balaban J connectivity index is 1.84. The largest absolute Gasteiger partial charge is 0.366 e. The van der Waals surface area contributed by atoms with Gasteiger partial charge < -0.3 is 10.3 Å². The molecule has 0 spiro atoms. The summed E-state index contributed by atoms with van der Waals surface area (Å²) >= 11 is 1.67. The lowest BCUT2D eigenvalue weighted by Gasteiger charge is -2.10. The van der Waals surface area contributed by atoms with Crippen LogP contribution in [0.15, 0.2) is 72.1 Å². The highest BCUT2D eigenvalue weighted by molar-refractivity contribution is 7.13. The third kappa shape index (κ3) is 2.86. The molecular formula is C25H16N3OS. The summed E-state index contributed by atoms with van der Waals surface area (Å²) in [4.78, 5) is 13.3. The van der Waals surface area contributed by atoms with Gasteiger partial charge in [-0.3, -0.25) is 4.79 Å². The molecule has 30 heavy (non-hydrogen) atoms. The standard InChI is InChI=1S/C25H16N3OS/c26-14-17-5-1-2-6-18(17)15-28-21-8-3-7-20(25(27)29)24(21)19-11-10-16(13-22(19)28)23-9-4-12-30-23/h1-10,12-13H,15H2,(H2,27,29). The van der Waals surface area contributed by atoms with Gasteiger partial charge in [-0.2, -0.15) is 5.26 Å². The maximum absolute atomic E-state index is 12.1. The van der Waals surface area contributed by atoms with E-state index in [1.165, 1.54) is 0 Å². The predicted molar refractivity (Wildman–Crippen MR) is 120 cm³/mol. The lowest BCUT2D eigenvalue weighted by Crippen LogP contribution is -2.11. The minimum Gasteiger partial charge on any atom is -0.366 e. The van der Waals surface area contributed by atoms with Crippen molar-refractivity contribution in [2.75, 3.05) is 0 Å². The minimum absolute atomic E-state index is 0.465. The van der Waals surface area contributed by atoms with Crippen molar-refractivity contribution >= 4 is 39.0 Å². The average Bonchev–Trinajstić information content (AvgIpc) is 3.41. The number of carbonyl (C=O) groups is 1. The molecule has 1 radical (unpaired) electrons. The van der Waals surface area contributed by atoms with E-state index in [4.69, 9.17) is 5.73 Å². The van der Waals surface area contributed by atoms with Crippen LogP contribution in [-0.2, 0) is 6.54 Å². The molecule has 0 aliphatic carbocycles. The van der Waals surface area contributed by atoms with Gasteiger partial charge in [0.25, 0.3) is 0 Å². The molecule has 4 nitrogen and oxygen atoms in total. The van der Waals surface area contributed by atoms with Crippen LogP contribution in [0.3, 0.4) is 0 Å². The molecule has 0 saturated carbocycles. The fraction of sp³-hybridized carbons (Fsp3) is 0.0400. The Hall–Kier alpha value is -3.88. The molecule has 1 amide bonds. The molecule has 2 aromatic heterocycles. The molecule has 5 aromatic rings. The number of rotatable bonds is 4. The highest BCUT2D eigenvalue weighted by Gasteiger charge is 2.18. The zero-order valence-corrected chi connectivity index (χ0v) is 16.7. The number of benzene rings is 3. The molecule has 0 aliphatic rings. The lowest BCUT2D eigenvalue weighted by molar-refractivity contribution is 0.100. The zero-order chi connectivity index (χ0) is 20.7. The average molecular weight is 406 g/mol. The van der Waals surface area contributed by atoms with Crippen LogP contribution in [-0.4, -0.2) is 10.5 Å². The third-order valence-electron chi connectivity index (χ3n) is 5.33. The topological polar surface area (TPSA) is 71.8 Å². The summed E-state index contributed by atoms with van der Waals surface area (Å²) in [5, 5.41) is 13.2. The number of nitrogens with zero attached hydrogens (tertiary/aromatic N) is 2. The number of fused-ring (bicyclic) bond motifs is 3. The number of nitrogens with two attached hydrogens (primary N) is 1. The first kappa shape index (κ1) is 18.2. The highest BCUT2D eigenvalue weighted by Crippen LogP contribution is 2.35. The normalized spacial score (nSPS) is 11.0. The van der Waals surface area contributed by atoms with Crippen LogP contribution in [0.5, 0.6) is 0 Å². The Bertz CT molecular complexity index is 1460. The second kappa shape index (κ2) is 7.18. The number of amides is 1. The number of carbonyl (C=O) groups excluding carboxylic acids is 1. The molecule has 0 aliphatic heterocycles. The van der Waals surface area contributed by atoms with Gasteiger partial charge in [0.2, 0.25) is 5.91 Å². The molecule has 2 N–H and O–H groups in total. The van der Waals surface area contributed by atoms with E-state index >= 15 is 0 Å². The molecule has 143 valence electrons. The monoisotopic (exact) mass is 406 g/mol. The van der Waals surface area contributed by atoms with E-state index in [-0.39, 0.29) is 0 Å². The quantitative estimate of drug-likeness (QED) is 0.437. The summed E-state index contributed by atoms with van der Waals surface area (Å²) in [6.45, 7) is 0.508. The fourth-order valence-electron chi connectivity index (χ4n) is 3.95. The molecule has 0 fully saturated rings. The Morgan fingerprint density at radius 3 is 2.73 bits per heavy atom. The molecular weight excluding hydrogens is 390 g/mol. The fourth-order valence-corrected chi connectivity index (χ4v) is 4.67. The maximum Gasteiger partial charge on any atom is 0.249 e. The van der Waals surface area contributed by atoms with Crippen molar-refractivity contribution < 1.29 is 4.79 Å². The summed E-state index contributed by atoms with van der Waals surface area (Å²) < 4.78 is 2.14. The Labute approximate surface area is 177 Å². The Kier molecular flexibility index (Phi) is 4.35. The number of aromatic nitrogens is 1. The lowest BCUT2D eigenvalue weighted by atomic mass is 10.0. The van der Waals surface area contributed by atoms with E-state index < -0.39 is 5.91 Å². The van der Waals surface area contributed by atoms with Crippen molar-refractivity contribution in [3.8, 4) is 16.5 Å². The van der Waals surface area contributed by atoms with Gasteiger partial charge in [0.1, 0.15) is 0 Å². The van der Waals surface area contributed by atoms with Crippen molar-refractivity contribution in [1.82, 2.24) is 4.57 Å². The second-order valence-corrected chi connectivity index (χ2v) is 7.99. The summed E-state index contributed by atoms with van der Waals surface area (Å²) in [6.07, 6.45) is 0. The van der Waals surface area contributed by atoms with E-state index in [1.807, 2.05) is 53.9 Å². The summed E-state index contributed by atoms with van der Waals surface area (Å²) in [5.74, 6) is -0.465. The SMILES string of the molecule is N#Cc1ccccc1Cn1c2cc(-c3cccs3)c[c]c2c2c(C(N)=O)cccc21. The van der Waals surface area contributed by atoms with Crippen LogP contribution >= 0.6 is 11.3 Å². The molecule has 0 saturated heterocycles. The van der Waals surface area contributed by atoms with Crippen LogP contribution < -0.4 is 5.73 Å². The smallest absolute Gasteiger partial charge is 0.249 e. The number of hydrogen-bond donors (Lipinski definition) is 1. The van der Waals surface area contributed by atoms with Gasteiger partial charge >= 0.3 is 0 Å². The first-order valence-electron chi connectivity index (χ1n) is 9.45. The Morgan fingerprint density at radius 1 is 1.10 bits per heavy atom. The summed E-state index contributed by atoms with van der Waals surface area (Å²) in [6, 6.07) is 27.0. The second-order valence-electron chi connectivity index (χ2n) is 7.04.